The van der Waals surface area contributed by atoms with Crippen LogP contribution < -0.4 is 4.90 Å². The summed E-state index contributed by atoms with van der Waals surface area (Å²) in [5, 5.41) is 0. The first-order valence-corrected chi connectivity index (χ1v) is 8.93. The summed E-state index contributed by atoms with van der Waals surface area (Å²) in [5.74, 6) is 0. The molecular weight excluding hydrogens is 280 g/mol. The van der Waals surface area contributed by atoms with Crippen molar-refractivity contribution in [3.05, 3.63) is 65.2 Å². The van der Waals surface area contributed by atoms with Gasteiger partial charge in [-0.25, -0.2) is 0 Å². The van der Waals surface area contributed by atoms with Gasteiger partial charge in [0.25, 0.3) is 0 Å². The van der Waals surface area contributed by atoms with Gasteiger partial charge < -0.3 is 4.90 Å². The largest absolute Gasteiger partial charge is 0.369 e. The van der Waals surface area contributed by atoms with Crippen LogP contribution in [0.1, 0.15) is 23.1 Å². The number of aryl methyl sites for hydroxylation is 2. The molecule has 0 saturated carbocycles. The lowest BCUT2D eigenvalue weighted by atomic mass is 9.87. The van der Waals surface area contributed by atoms with Crippen molar-refractivity contribution in [2.75, 3.05) is 31.1 Å². The molecule has 0 aromatic heterocycles. The maximum atomic E-state index is 2.73. The van der Waals surface area contributed by atoms with Gasteiger partial charge >= 0.3 is 0 Å². The van der Waals surface area contributed by atoms with Gasteiger partial charge in [0.15, 0.2) is 0 Å². The predicted octanol–water partition coefficient (Wildman–Crippen LogP) is 3.67. The van der Waals surface area contributed by atoms with Gasteiger partial charge in [-0.3, -0.25) is 4.90 Å². The molecule has 2 aromatic rings. The molecule has 1 fully saturated rings. The van der Waals surface area contributed by atoms with Gasteiger partial charge in [0.1, 0.15) is 0 Å². The zero-order chi connectivity index (χ0) is 15.6. The fourth-order valence-electron chi connectivity index (χ4n) is 4.24. The minimum Gasteiger partial charge on any atom is -0.369 e. The van der Waals surface area contributed by atoms with Gasteiger partial charge in [-0.05, 0) is 48.9 Å². The Morgan fingerprint density at radius 1 is 0.826 bits per heavy atom. The Bertz CT molecular complexity index is 671. The number of anilines is 1. The highest BCUT2D eigenvalue weighted by Gasteiger charge is 2.27. The minimum absolute atomic E-state index is 0.740. The van der Waals surface area contributed by atoms with Crippen LogP contribution in [-0.2, 0) is 12.8 Å². The second-order valence-electron chi connectivity index (χ2n) is 6.97. The molecule has 1 unspecified atom stereocenters. The maximum Gasteiger partial charge on any atom is 0.0396 e. The summed E-state index contributed by atoms with van der Waals surface area (Å²) in [7, 11) is 0. The van der Waals surface area contributed by atoms with Gasteiger partial charge in [-0.2, -0.15) is 0 Å². The van der Waals surface area contributed by atoms with Crippen molar-refractivity contribution < 1.29 is 0 Å². The van der Waals surface area contributed by atoms with Crippen molar-refractivity contribution in [1.82, 2.24) is 4.90 Å². The van der Waals surface area contributed by atoms with Crippen LogP contribution in [0.15, 0.2) is 48.5 Å². The second-order valence-corrected chi connectivity index (χ2v) is 6.97. The standard InChI is InChI=1S/C21H26N2/c1-17-6-2-5-9-21(17)23-14-12-22(13-15-23)20-11-10-18-7-3-4-8-19(18)16-20/h2-9,20H,10-16H2,1H3. The molecule has 0 bridgehead atoms. The van der Waals surface area contributed by atoms with Crippen molar-refractivity contribution in [1.29, 1.82) is 0 Å². The summed E-state index contributed by atoms with van der Waals surface area (Å²) in [5.41, 5.74) is 5.96. The summed E-state index contributed by atoms with van der Waals surface area (Å²) >= 11 is 0. The molecule has 2 aliphatic rings. The monoisotopic (exact) mass is 306 g/mol. The molecule has 0 amide bonds. The first-order chi connectivity index (χ1) is 11.3. The lowest BCUT2D eigenvalue weighted by Crippen LogP contribution is -2.51. The molecule has 2 aromatic carbocycles. The second kappa shape index (κ2) is 6.37. The van der Waals surface area contributed by atoms with Crippen LogP contribution in [0.2, 0.25) is 0 Å². The van der Waals surface area contributed by atoms with Gasteiger partial charge in [0, 0.05) is 37.9 Å². The molecular formula is C21H26N2. The molecule has 2 nitrogen and oxygen atoms in total. The van der Waals surface area contributed by atoms with E-state index in [-0.39, 0.29) is 0 Å². The molecule has 0 spiro atoms. The number of hydrogen-bond acceptors (Lipinski definition) is 2. The third kappa shape index (κ3) is 3.00. The van der Waals surface area contributed by atoms with E-state index in [0.717, 1.165) is 19.1 Å². The van der Waals surface area contributed by atoms with Gasteiger partial charge in [0.05, 0.1) is 0 Å². The molecule has 2 heteroatoms. The topological polar surface area (TPSA) is 6.48 Å². The average molecular weight is 306 g/mol. The Kier molecular flexibility index (Phi) is 4.09. The molecule has 0 radical (unpaired) electrons. The van der Waals surface area contributed by atoms with Crippen molar-refractivity contribution >= 4 is 5.69 Å². The number of rotatable bonds is 2. The molecule has 1 saturated heterocycles. The molecule has 1 heterocycles. The Morgan fingerprint density at radius 3 is 2.30 bits per heavy atom. The highest BCUT2D eigenvalue weighted by molar-refractivity contribution is 5.53. The van der Waals surface area contributed by atoms with Gasteiger partial charge in [-0.1, -0.05) is 42.5 Å². The fourth-order valence-corrected chi connectivity index (χ4v) is 4.24. The fraction of sp³-hybridized carbons (Fsp3) is 0.429. The summed E-state index contributed by atoms with van der Waals surface area (Å²) < 4.78 is 0. The number of piperazine rings is 1. The smallest absolute Gasteiger partial charge is 0.0396 e. The van der Waals surface area contributed by atoms with E-state index in [1.54, 1.807) is 11.1 Å². The van der Waals surface area contributed by atoms with E-state index in [1.165, 1.54) is 43.6 Å². The van der Waals surface area contributed by atoms with Gasteiger partial charge in [-0.15, -0.1) is 0 Å². The van der Waals surface area contributed by atoms with E-state index in [9.17, 15) is 0 Å². The quantitative estimate of drug-likeness (QED) is 0.835. The molecule has 4 rings (SSSR count). The van der Waals surface area contributed by atoms with Crippen LogP contribution in [-0.4, -0.2) is 37.1 Å². The van der Waals surface area contributed by atoms with Crippen LogP contribution in [0.5, 0.6) is 0 Å². The highest BCUT2D eigenvalue weighted by atomic mass is 15.3. The minimum atomic E-state index is 0.740. The number of benzene rings is 2. The van der Waals surface area contributed by atoms with Gasteiger partial charge in [0.2, 0.25) is 0 Å². The summed E-state index contributed by atoms with van der Waals surface area (Å²) in [6.07, 6.45) is 3.81. The third-order valence-corrected chi connectivity index (χ3v) is 5.61. The molecule has 0 N–H and O–H groups in total. The molecule has 1 atom stereocenters. The number of nitrogens with zero attached hydrogens (tertiary/aromatic N) is 2. The predicted molar refractivity (Wildman–Crippen MR) is 97.2 cm³/mol. The van der Waals surface area contributed by atoms with E-state index in [1.807, 2.05) is 0 Å². The lowest BCUT2D eigenvalue weighted by Gasteiger charge is -2.42. The molecule has 1 aliphatic carbocycles. The Balaban J connectivity index is 1.40. The number of hydrogen-bond donors (Lipinski definition) is 0. The SMILES string of the molecule is Cc1ccccc1N1CCN(C2CCc3ccccc3C2)CC1. The summed E-state index contributed by atoms with van der Waals surface area (Å²) in [4.78, 5) is 5.29. The van der Waals surface area contributed by atoms with Crippen LogP contribution >= 0.6 is 0 Å². The van der Waals surface area contributed by atoms with Crippen LogP contribution in [0, 0.1) is 6.92 Å². The maximum absolute atomic E-state index is 2.73. The zero-order valence-electron chi connectivity index (χ0n) is 14.0. The first kappa shape index (κ1) is 14.8. The zero-order valence-corrected chi connectivity index (χ0v) is 14.0. The Morgan fingerprint density at radius 2 is 1.52 bits per heavy atom. The van der Waals surface area contributed by atoms with E-state index < -0.39 is 0 Å². The first-order valence-electron chi connectivity index (χ1n) is 8.93. The van der Waals surface area contributed by atoms with Crippen LogP contribution in [0.3, 0.4) is 0 Å². The van der Waals surface area contributed by atoms with Crippen molar-refractivity contribution in [2.24, 2.45) is 0 Å². The van der Waals surface area contributed by atoms with E-state index in [4.69, 9.17) is 0 Å². The van der Waals surface area contributed by atoms with E-state index in [2.05, 4.69) is 65.3 Å². The van der Waals surface area contributed by atoms with Crippen molar-refractivity contribution in [3.8, 4) is 0 Å². The lowest BCUT2D eigenvalue weighted by molar-refractivity contribution is 0.170. The number of fused-ring (bicyclic) bond motifs is 1. The third-order valence-electron chi connectivity index (χ3n) is 5.61. The number of para-hydroxylation sites is 1. The van der Waals surface area contributed by atoms with Crippen molar-refractivity contribution in [3.63, 3.8) is 0 Å². The van der Waals surface area contributed by atoms with E-state index in [0.29, 0.717) is 0 Å². The van der Waals surface area contributed by atoms with Crippen LogP contribution in [0.4, 0.5) is 5.69 Å². The van der Waals surface area contributed by atoms with Crippen LogP contribution in [0.25, 0.3) is 0 Å². The molecule has 120 valence electrons. The Labute approximate surface area is 139 Å². The normalized spacial score (nSPS) is 22.0. The Hall–Kier alpha value is -1.80. The summed E-state index contributed by atoms with van der Waals surface area (Å²) in [6.45, 7) is 6.92. The van der Waals surface area contributed by atoms with Crippen molar-refractivity contribution in [2.45, 2.75) is 32.2 Å². The highest BCUT2D eigenvalue weighted by Crippen LogP contribution is 2.27. The van der Waals surface area contributed by atoms with E-state index >= 15 is 0 Å². The molecule has 23 heavy (non-hydrogen) atoms. The summed E-state index contributed by atoms with van der Waals surface area (Å²) in [6, 6.07) is 18.5. The average Bonchev–Trinajstić information content (AvgIpc) is 2.62. The molecule has 1 aliphatic heterocycles.